The Labute approximate surface area is 466 Å². The summed E-state index contributed by atoms with van der Waals surface area (Å²) in [5, 5.41) is -0.158. The number of esters is 6. The molecule has 2 aromatic carbocycles. The highest BCUT2D eigenvalue weighted by Gasteiger charge is 2.60. The average molecular weight is 1110 g/mol. The third-order valence-electron chi connectivity index (χ3n) is 17.6. The van der Waals surface area contributed by atoms with E-state index in [1.807, 2.05) is 6.08 Å². The Bertz CT molecular complexity index is 2320. The molecule has 0 saturated heterocycles. The minimum absolute atomic E-state index is 0.0633. The van der Waals surface area contributed by atoms with Crippen molar-refractivity contribution >= 4 is 64.6 Å². The van der Waals surface area contributed by atoms with Crippen molar-refractivity contribution in [1.29, 1.82) is 0 Å². The van der Waals surface area contributed by atoms with Gasteiger partial charge < -0.3 is 37.9 Å². The van der Waals surface area contributed by atoms with E-state index in [4.69, 9.17) is 61.1 Å². The smallest absolute Gasteiger partial charge is 0.344 e. The Hall–Kier alpha value is -4.82. The van der Waals surface area contributed by atoms with Crippen molar-refractivity contribution in [3.8, 4) is 11.5 Å². The van der Waals surface area contributed by atoms with Crippen molar-refractivity contribution in [3.05, 3.63) is 62.6 Å². The van der Waals surface area contributed by atoms with E-state index in [2.05, 4.69) is 34.6 Å². The fraction of sp³-hybridized carbons (Fsp3) is 0.672. The van der Waals surface area contributed by atoms with Gasteiger partial charge in [-0.1, -0.05) is 83.2 Å². The molecule has 0 bridgehead atoms. The van der Waals surface area contributed by atoms with Crippen LogP contribution in [0.4, 0.5) is 0 Å². The van der Waals surface area contributed by atoms with E-state index >= 15 is 0 Å². The van der Waals surface area contributed by atoms with Crippen LogP contribution in [0.5, 0.6) is 11.5 Å². The second kappa shape index (κ2) is 28.4. The lowest BCUT2D eigenvalue weighted by molar-refractivity contribution is -0.147. The van der Waals surface area contributed by atoms with Gasteiger partial charge in [-0.2, -0.15) is 0 Å². The predicted molar refractivity (Wildman–Crippen MR) is 294 cm³/mol. The largest absolute Gasteiger partial charge is 0.479 e. The van der Waals surface area contributed by atoms with Gasteiger partial charge in [0.25, 0.3) is 0 Å². The number of allylic oxidation sites excluding steroid dienone is 1. The van der Waals surface area contributed by atoms with E-state index < -0.39 is 62.2 Å². The summed E-state index contributed by atoms with van der Waals surface area (Å²) >= 11 is 13.9. The molecule has 4 fully saturated rings. The Kier molecular flexibility index (Phi) is 22.6. The molecular weight excluding hydrogens is 1030 g/mol. The van der Waals surface area contributed by atoms with Crippen LogP contribution in [0.2, 0.25) is 10.0 Å². The highest BCUT2D eigenvalue weighted by molar-refractivity contribution is 6.33. The van der Waals surface area contributed by atoms with E-state index in [0.717, 1.165) is 54.8 Å². The fourth-order valence-corrected chi connectivity index (χ4v) is 14.6. The molecule has 0 radical (unpaired) electrons. The molecule has 9 unspecified atom stereocenters. The number of halogens is 2. The predicted octanol–water partition coefficient (Wildman–Crippen LogP) is 13.3. The normalized spacial score (nSPS) is 24.7. The van der Waals surface area contributed by atoms with Crippen LogP contribution in [-0.4, -0.2) is 88.7 Å². The van der Waals surface area contributed by atoms with Gasteiger partial charge in [0, 0.05) is 0 Å². The number of ether oxygens (including phenoxy) is 8. The molecule has 0 aliphatic heterocycles. The molecule has 16 heteroatoms. The summed E-state index contributed by atoms with van der Waals surface area (Å²) in [4.78, 5) is 77.5. The Morgan fingerprint density at radius 1 is 0.597 bits per heavy atom. The topological polar surface area (TPSA) is 176 Å². The summed E-state index contributed by atoms with van der Waals surface area (Å²) in [6.07, 6.45) is 18.9. The Morgan fingerprint density at radius 3 is 1.60 bits per heavy atom. The monoisotopic (exact) mass is 1110 g/mol. The van der Waals surface area contributed by atoms with Crippen LogP contribution in [0.15, 0.2) is 30.3 Å². The zero-order valence-corrected chi connectivity index (χ0v) is 48.5. The summed E-state index contributed by atoms with van der Waals surface area (Å²) in [6, 6.07) is 6.02. The van der Waals surface area contributed by atoms with Gasteiger partial charge in [0.1, 0.15) is 11.1 Å². The molecule has 9 atom stereocenters. The molecule has 0 aromatic heterocycles. The lowest BCUT2D eigenvalue weighted by atomic mass is 9.44. The van der Waals surface area contributed by atoms with Crippen molar-refractivity contribution < 1.29 is 66.7 Å². The molecule has 77 heavy (non-hydrogen) atoms. The van der Waals surface area contributed by atoms with Crippen molar-refractivity contribution in [2.45, 2.75) is 152 Å². The van der Waals surface area contributed by atoms with Crippen molar-refractivity contribution in [3.63, 3.8) is 0 Å². The molecule has 0 heterocycles. The third-order valence-corrected chi connectivity index (χ3v) is 18.1. The SMILES string of the molecule is CCOC(=O)COC(=O)c1cc(C(=CCCC2CCC3(C)C(CCC4C3CCC3(C)C(C(C)CCCC(C)C)CCC43)C2)c2cc(Cl)c(OCC(=O)OCC)c(C(=O)OCC(=O)OCC)c2)cc(Cl)c1OCC(=O)OCC. The first kappa shape index (κ1) is 61.4. The minimum atomic E-state index is -0.994. The van der Waals surface area contributed by atoms with Gasteiger partial charge in [0.05, 0.1) is 36.5 Å². The van der Waals surface area contributed by atoms with E-state index in [-0.39, 0.29) is 59.1 Å². The third kappa shape index (κ3) is 15.3. The van der Waals surface area contributed by atoms with E-state index in [1.165, 1.54) is 76.3 Å². The van der Waals surface area contributed by atoms with E-state index in [1.54, 1.807) is 39.8 Å². The number of rotatable bonds is 26. The standard InChI is InChI=1S/C61H84Cl2O14/c1-10-70-52(64)33-74-56-45(58(68)76-35-54(66)72-12-3)29-40(31-50(56)62)43(41-30-46(59(69)77-36-55(67)73-13-4)57(51(63)32-41)75-34-53(65)71-11-2)19-15-18-39-24-26-60(8)42(28-39)20-21-44-48-23-22-47(38(7)17-14-16-37(5)6)61(48,9)27-25-49(44)60/h19,29-32,37-39,42,44,47-49H,10-18,20-28,33-36H2,1-9H3. The lowest BCUT2D eigenvalue weighted by Gasteiger charge is -2.61. The van der Waals surface area contributed by atoms with Crippen LogP contribution in [0.1, 0.15) is 184 Å². The van der Waals surface area contributed by atoms with Crippen molar-refractivity contribution in [2.24, 2.45) is 58.2 Å². The molecule has 0 amide bonds. The minimum Gasteiger partial charge on any atom is -0.479 e. The number of carbonyl (C=O) groups excluding carboxylic acids is 6. The van der Waals surface area contributed by atoms with Crippen LogP contribution in [0, 0.1) is 58.2 Å². The lowest BCUT2D eigenvalue weighted by Crippen LogP contribution is -2.53. The van der Waals surface area contributed by atoms with Crippen LogP contribution < -0.4 is 9.47 Å². The van der Waals surface area contributed by atoms with Gasteiger partial charge in [-0.25, -0.2) is 28.8 Å². The molecule has 0 spiro atoms. The van der Waals surface area contributed by atoms with E-state index in [0.29, 0.717) is 45.8 Å². The molecule has 0 N–H and O–H groups in total. The van der Waals surface area contributed by atoms with Gasteiger partial charge in [0.2, 0.25) is 0 Å². The highest BCUT2D eigenvalue weighted by atomic mass is 35.5. The summed E-state index contributed by atoms with van der Waals surface area (Å²) in [5.41, 5.74) is 1.53. The molecule has 426 valence electrons. The zero-order chi connectivity index (χ0) is 56.0. The second-order valence-electron chi connectivity index (χ2n) is 22.6. The maximum Gasteiger partial charge on any atom is 0.344 e. The van der Waals surface area contributed by atoms with Crippen LogP contribution in [0.3, 0.4) is 0 Å². The first-order chi connectivity index (χ1) is 36.8. The quantitative estimate of drug-likeness (QED) is 0.0642. The average Bonchev–Trinajstić information content (AvgIpc) is 3.89. The van der Waals surface area contributed by atoms with Gasteiger partial charge in [-0.15, -0.1) is 0 Å². The maximum absolute atomic E-state index is 13.9. The van der Waals surface area contributed by atoms with Crippen molar-refractivity contribution in [1.82, 2.24) is 0 Å². The van der Waals surface area contributed by atoms with Gasteiger partial charge >= 0.3 is 35.8 Å². The Morgan fingerprint density at radius 2 is 1.09 bits per heavy atom. The van der Waals surface area contributed by atoms with Crippen LogP contribution >= 0.6 is 23.2 Å². The second-order valence-corrected chi connectivity index (χ2v) is 23.5. The molecule has 4 saturated carbocycles. The summed E-state index contributed by atoms with van der Waals surface area (Å²) in [5.74, 6) is 0.460. The van der Waals surface area contributed by atoms with E-state index in [9.17, 15) is 28.8 Å². The summed E-state index contributed by atoms with van der Waals surface area (Å²) in [6.45, 7) is 16.7. The zero-order valence-electron chi connectivity index (χ0n) is 47.0. The number of hydrogen-bond donors (Lipinski definition) is 0. The first-order valence-corrected chi connectivity index (χ1v) is 29.1. The van der Waals surface area contributed by atoms with Crippen molar-refractivity contribution in [2.75, 3.05) is 52.9 Å². The van der Waals surface area contributed by atoms with Gasteiger partial charge in [-0.3, -0.25) is 0 Å². The number of carbonyl (C=O) groups is 6. The molecule has 6 rings (SSSR count). The molecule has 2 aromatic rings. The number of fused-ring (bicyclic) bond motifs is 5. The number of benzene rings is 2. The molecule has 14 nitrogen and oxygen atoms in total. The maximum atomic E-state index is 13.9. The fourth-order valence-electron chi connectivity index (χ4n) is 14.1. The Balaban J connectivity index is 1.32. The molecular formula is C61H84Cl2O14. The summed E-state index contributed by atoms with van der Waals surface area (Å²) in [7, 11) is 0. The summed E-state index contributed by atoms with van der Waals surface area (Å²) < 4.78 is 42.5. The highest BCUT2D eigenvalue weighted by Crippen LogP contribution is 2.69. The van der Waals surface area contributed by atoms with Gasteiger partial charge in [0.15, 0.2) is 37.9 Å². The molecule has 4 aliphatic carbocycles. The number of hydrogen-bond acceptors (Lipinski definition) is 14. The first-order valence-electron chi connectivity index (χ1n) is 28.4. The van der Waals surface area contributed by atoms with Crippen LogP contribution in [0.25, 0.3) is 5.57 Å². The van der Waals surface area contributed by atoms with Crippen LogP contribution in [-0.2, 0) is 47.6 Å². The molecule has 4 aliphatic rings. The van der Waals surface area contributed by atoms with Gasteiger partial charge in [-0.05, 0) is 197 Å².